The molecule has 1 aromatic carbocycles. The lowest BCUT2D eigenvalue weighted by Crippen LogP contribution is -2.47. The summed E-state index contributed by atoms with van der Waals surface area (Å²) in [7, 11) is 0. The zero-order valence-corrected chi connectivity index (χ0v) is 15.1. The van der Waals surface area contributed by atoms with E-state index in [2.05, 4.69) is 37.2 Å². The minimum absolute atomic E-state index is 0.0247. The topological polar surface area (TPSA) is 61.4 Å². The highest BCUT2D eigenvalue weighted by Crippen LogP contribution is 2.22. The predicted octanol–water partition coefficient (Wildman–Crippen LogP) is 2.79. The van der Waals surface area contributed by atoms with Crippen LogP contribution in [0.2, 0.25) is 0 Å². The molecule has 25 heavy (non-hydrogen) atoms. The van der Waals surface area contributed by atoms with E-state index in [9.17, 15) is 4.79 Å². The Bertz CT molecular complexity index is 701. The summed E-state index contributed by atoms with van der Waals surface area (Å²) in [4.78, 5) is 25.2. The smallest absolute Gasteiger partial charge is 0.229 e. The second-order valence-corrected chi connectivity index (χ2v) is 7.27. The van der Waals surface area contributed by atoms with E-state index in [0.717, 1.165) is 37.8 Å². The summed E-state index contributed by atoms with van der Waals surface area (Å²) in [6, 6.07) is 9.89. The molecule has 1 N–H and O–H groups in total. The Hall–Kier alpha value is -2.63. The number of carbonyl (C=O) groups excluding carboxylic acids is 1. The van der Waals surface area contributed by atoms with Crippen molar-refractivity contribution in [1.29, 1.82) is 0 Å². The first kappa shape index (κ1) is 17.2. The fourth-order valence-electron chi connectivity index (χ4n) is 2.69. The number of hydrogen-bond donors (Lipinski definition) is 1. The Morgan fingerprint density at radius 2 is 1.52 bits per heavy atom. The molecule has 1 amide bonds. The van der Waals surface area contributed by atoms with E-state index in [1.54, 1.807) is 12.4 Å². The minimum Gasteiger partial charge on any atom is -0.368 e. The monoisotopic (exact) mass is 339 g/mol. The van der Waals surface area contributed by atoms with Crippen LogP contribution in [0.1, 0.15) is 20.8 Å². The van der Waals surface area contributed by atoms with Gasteiger partial charge < -0.3 is 15.1 Å². The lowest BCUT2D eigenvalue weighted by atomic mass is 9.95. The largest absolute Gasteiger partial charge is 0.368 e. The van der Waals surface area contributed by atoms with Gasteiger partial charge in [-0.05, 0) is 30.3 Å². The van der Waals surface area contributed by atoms with Crippen LogP contribution in [0, 0.1) is 5.41 Å². The Morgan fingerprint density at radius 1 is 0.960 bits per heavy atom. The molecule has 6 heteroatoms. The van der Waals surface area contributed by atoms with Crippen LogP contribution in [-0.2, 0) is 4.79 Å². The molecule has 1 fully saturated rings. The number of hydrogen-bond acceptors (Lipinski definition) is 5. The molecule has 3 rings (SSSR count). The third kappa shape index (κ3) is 4.26. The summed E-state index contributed by atoms with van der Waals surface area (Å²) >= 11 is 0. The van der Waals surface area contributed by atoms with Crippen molar-refractivity contribution < 1.29 is 4.79 Å². The average molecular weight is 339 g/mol. The molecule has 0 saturated carbocycles. The SMILES string of the molecule is CC(C)(C)C(=O)Nc1ccc(N2CCN(c3ncccn3)CC2)cc1. The van der Waals surface area contributed by atoms with Crippen LogP contribution in [0.25, 0.3) is 0 Å². The molecule has 6 nitrogen and oxygen atoms in total. The molecule has 2 heterocycles. The number of nitrogens with one attached hydrogen (secondary N) is 1. The predicted molar refractivity (Wildman–Crippen MR) is 101 cm³/mol. The van der Waals surface area contributed by atoms with Gasteiger partial charge in [0.15, 0.2) is 0 Å². The van der Waals surface area contributed by atoms with Crippen LogP contribution in [0.5, 0.6) is 0 Å². The van der Waals surface area contributed by atoms with E-state index in [1.807, 2.05) is 39.0 Å². The zero-order valence-electron chi connectivity index (χ0n) is 15.1. The fraction of sp³-hybridized carbons (Fsp3) is 0.421. The Kier molecular flexibility index (Phi) is 4.88. The third-order valence-electron chi connectivity index (χ3n) is 4.29. The van der Waals surface area contributed by atoms with Crippen molar-refractivity contribution in [2.45, 2.75) is 20.8 Å². The second kappa shape index (κ2) is 7.09. The van der Waals surface area contributed by atoms with E-state index in [-0.39, 0.29) is 5.91 Å². The number of nitrogens with zero attached hydrogens (tertiary/aromatic N) is 4. The van der Waals surface area contributed by atoms with Crippen molar-refractivity contribution >= 4 is 23.2 Å². The second-order valence-electron chi connectivity index (χ2n) is 7.27. The highest BCUT2D eigenvalue weighted by atomic mass is 16.2. The van der Waals surface area contributed by atoms with E-state index < -0.39 is 5.41 Å². The van der Waals surface area contributed by atoms with Gasteiger partial charge in [-0.3, -0.25) is 4.79 Å². The van der Waals surface area contributed by atoms with E-state index in [0.29, 0.717) is 0 Å². The van der Waals surface area contributed by atoms with Gasteiger partial charge in [0.25, 0.3) is 0 Å². The maximum Gasteiger partial charge on any atom is 0.229 e. The summed E-state index contributed by atoms with van der Waals surface area (Å²) in [5, 5.41) is 2.96. The number of amides is 1. The molecule has 0 aliphatic carbocycles. The van der Waals surface area contributed by atoms with E-state index >= 15 is 0 Å². The summed E-state index contributed by atoms with van der Waals surface area (Å²) < 4.78 is 0. The molecule has 0 spiro atoms. The van der Waals surface area contributed by atoms with E-state index in [4.69, 9.17) is 0 Å². The first-order chi connectivity index (χ1) is 11.9. The normalized spacial score (nSPS) is 15.2. The first-order valence-electron chi connectivity index (χ1n) is 8.62. The van der Waals surface area contributed by atoms with Crippen LogP contribution in [-0.4, -0.2) is 42.1 Å². The van der Waals surface area contributed by atoms with Gasteiger partial charge in [0, 0.05) is 55.4 Å². The summed E-state index contributed by atoms with van der Waals surface area (Å²) in [6.45, 7) is 9.36. The van der Waals surface area contributed by atoms with Crippen molar-refractivity contribution in [1.82, 2.24) is 9.97 Å². The van der Waals surface area contributed by atoms with Crippen LogP contribution in [0.4, 0.5) is 17.3 Å². The van der Waals surface area contributed by atoms with Crippen molar-refractivity contribution in [3.63, 3.8) is 0 Å². The number of anilines is 3. The summed E-state index contributed by atoms with van der Waals surface area (Å²) in [6.07, 6.45) is 3.55. The summed E-state index contributed by atoms with van der Waals surface area (Å²) in [5.41, 5.74) is 1.61. The molecule has 1 aliphatic heterocycles. The maximum absolute atomic E-state index is 12.1. The fourth-order valence-corrected chi connectivity index (χ4v) is 2.69. The van der Waals surface area contributed by atoms with Crippen molar-refractivity contribution in [3.05, 3.63) is 42.7 Å². The zero-order chi connectivity index (χ0) is 17.9. The Labute approximate surface area is 148 Å². The van der Waals surface area contributed by atoms with Gasteiger partial charge >= 0.3 is 0 Å². The van der Waals surface area contributed by atoms with Gasteiger partial charge in [-0.1, -0.05) is 20.8 Å². The molecule has 132 valence electrons. The standard InChI is InChI=1S/C19H25N5O/c1-19(2,3)17(25)22-15-5-7-16(8-6-15)23-11-13-24(14-12-23)18-20-9-4-10-21-18/h4-10H,11-14H2,1-3H3,(H,22,25). The number of carbonyl (C=O) groups is 1. The first-order valence-corrected chi connectivity index (χ1v) is 8.62. The molecule has 2 aromatic rings. The molecular weight excluding hydrogens is 314 g/mol. The highest BCUT2D eigenvalue weighted by molar-refractivity contribution is 5.94. The molecule has 0 radical (unpaired) electrons. The van der Waals surface area contributed by atoms with Gasteiger partial charge in [-0.2, -0.15) is 0 Å². The molecule has 0 unspecified atom stereocenters. The molecule has 1 aliphatic rings. The number of rotatable bonds is 3. The number of benzene rings is 1. The number of aromatic nitrogens is 2. The van der Waals surface area contributed by atoms with Gasteiger partial charge in [0.2, 0.25) is 11.9 Å². The van der Waals surface area contributed by atoms with Gasteiger partial charge in [-0.25, -0.2) is 9.97 Å². The van der Waals surface area contributed by atoms with Crippen LogP contribution < -0.4 is 15.1 Å². The molecule has 1 saturated heterocycles. The van der Waals surface area contributed by atoms with Crippen molar-refractivity contribution in [2.75, 3.05) is 41.3 Å². The molecule has 0 atom stereocenters. The van der Waals surface area contributed by atoms with Crippen LogP contribution >= 0.6 is 0 Å². The minimum atomic E-state index is -0.394. The number of piperazine rings is 1. The van der Waals surface area contributed by atoms with Crippen molar-refractivity contribution in [3.8, 4) is 0 Å². The molecule has 1 aromatic heterocycles. The van der Waals surface area contributed by atoms with Gasteiger partial charge in [0.1, 0.15) is 0 Å². The Morgan fingerprint density at radius 3 is 2.08 bits per heavy atom. The average Bonchev–Trinajstić information content (AvgIpc) is 2.62. The maximum atomic E-state index is 12.1. The Balaban J connectivity index is 1.58. The lowest BCUT2D eigenvalue weighted by Gasteiger charge is -2.36. The molecule has 0 bridgehead atoms. The van der Waals surface area contributed by atoms with Crippen LogP contribution in [0.15, 0.2) is 42.7 Å². The highest BCUT2D eigenvalue weighted by Gasteiger charge is 2.22. The van der Waals surface area contributed by atoms with Crippen LogP contribution in [0.3, 0.4) is 0 Å². The van der Waals surface area contributed by atoms with E-state index in [1.165, 1.54) is 5.69 Å². The lowest BCUT2D eigenvalue weighted by molar-refractivity contribution is -0.123. The quantitative estimate of drug-likeness (QED) is 0.932. The van der Waals surface area contributed by atoms with Crippen molar-refractivity contribution in [2.24, 2.45) is 5.41 Å². The van der Waals surface area contributed by atoms with Gasteiger partial charge in [0.05, 0.1) is 0 Å². The molecular formula is C19H25N5O. The third-order valence-corrected chi connectivity index (χ3v) is 4.29. The van der Waals surface area contributed by atoms with Gasteiger partial charge in [-0.15, -0.1) is 0 Å². The summed E-state index contributed by atoms with van der Waals surface area (Å²) in [5.74, 6) is 0.819.